The number of fused-ring (bicyclic) bond motifs is 1. The highest BCUT2D eigenvalue weighted by molar-refractivity contribution is 6.30. The van der Waals surface area contributed by atoms with Crippen LogP contribution in [0.2, 0.25) is 5.02 Å². The molecular formula is C31H25ClN2O6. The highest BCUT2D eigenvalue weighted by atomic mass is 35.5. The third kappa shape index (κ3) is 5.44. The Kier molecular flexibility index (Phi) is 7.62. The van der Waals surface area contributed by atoms with Crippen LogP contribution in [0.5, 0.6) is 5.75 Å². The molecule has 0 radical (unpaired) electrons. The molecular weight excluding hydrogens is 532 g/mol. The number of hydrogen-bond donors (Lipinski definition) is 0. The van der Waals surface area contributed by atoms with E-state index in [1.54, 1.807) is 30.3 Å². The van der Waals surface area contributed by atoms with E-state index < -0.39 is 47.9 Å². The van der Waals surface area contributed by atoms with Crippen LogP contribution in [0.1, 0.15) is 50.8 Å². The van der Waals surface area contributed by atoms with Gasteiger partial charge < -0.3 is 4.74 Å². The third-order valence-corrected chi connectivity index (χ3v) is 7.31. The molecule has 1 aliphatic carbocycles. The number of carbonyl (C=O) groups is 5. The topological polar surface area (TPSA) is 101 Å². The Morgan fingerprint density at radius 3 is 2.15 bits per heavy atom. The fraction of sp³-hybridized carbons (Fsp3) is 0.194. The first-order chi connectivity index (χ1) is 19.2. The molecule has 0 N–H and O–H groups in total. The standard InChI is InChI=1S/C31H25ClN2O6/c1-19-7-16-25-26(17-19)30(38)34(29(25)37)33(28(36)21-8-12-23(32)13-9-21)18-27(35)20-10-14-24(15-11-20)40-31(39)22-5-3-2-4-6-22/h2-15,25-26H,16-18H2,1H3/t25-,26+/m0/s1. The van der Waals surface area contributed by atoms with E-state index in [0.29, 0.717) is 23.4 Å². The summed E-state index contributed by atoms with van der Waals surface area (Å²) >= 11 is 5.97. The Bertz CT molecular complexity index is 1520. The fourth-order valence-electron chi connectivity index (χ4n) is 4.91. The lowest BCUT2D eigenvalue weighted by Crippen LogP contribution is -2.52. The number of carbonyl (C=O) groups excluding carboxylic acids is 5. The summed E-state index contributed by atoms with van der Waals surface area (Å²) in [5.74, 6) is -3.65. The first-order valence-electron chi connectivity index (χ1n) is 12.7. The molecule has 3 aromatic rings. The van der Waals surface area contributed by atoms with Gasteiger partial charge in [-0.05, 0) is 80.4 Å². The summed E-state index contributed by atoms with van der Waals surface area (Å²) in [6.45, 7) is 1.35. The lowest BCUT2D eigenvalue weighted by Gasteiger charge is -2.30. The van der Waals surface area contributed by atoms with Crippen molar-refractivity contribution < 1.29 is 28.7 Å². The van der Waals surface area contributed by atoms with E-state index in [0.717, 1.165) is 15.6 Å². The van der Waals surface area contributed by atoms with Crippen molar-refractivity contribution >= 4 is 41.1 Å². The number of Topliss-reactive ketones (excluding diaryl/α,β-unsaturated/α-hetero) is 1. The molecule has 40 heavy (non-hydrogen) atoms. The van der Waals surface area contributed by atoms with Crippen LogP contribution in [-0.4, -0.2) is 46.0 Å². The molecule has 0 saturated carbocycles. The van der Waals surface area contributed by atoms with Gasteiger partial charge in [-0.1, -0.05) is 41.4 Å². The molecule has 0 aromatic heterocycles. The minimum Gasteiger partial charge on any atom is -0.423 e. The average molecular weight is 557 g/mol. The second kappa shape index (κ2) is 11.3. The van der Waals surface area contributed by atoms with Crippen LogP contribution in [0.25, 0.3) is 0 Å². The Hall–Kier alpha value is -4.56. The highest BCUT2D eigenvalue weighted by Crippen LogP contribution is 2.38. The molecule has 0 spiro atoms. The van der Waals surface area contributed by atoms with Crippen LogP contribution >= 0.6 is 11.6 Å². The number of allylic oxidation sites excluding steroid dienone is 2. The van der Waals surface area contributed by atoms with Crippen LogP contribution < -0.4 is 4.74 Å². The lowest BCUT2D eigenvalue weighted by atomic mass is 9.82. The first-order valence-corrected chi connectivity index (χ1v) is 13.1. The van der Waals surface area contributed by atoms with Crippen molar-refractivity contribution in [2.75, 3.05) is 6.54 Å². The van der Waals surface area contributed by atoms with E-state index in [1.165, 1.54) is 48.5 Å². The Morgan fingerprint density at radius 1 is 0.850 bits per heavy atom. The predicted molar refractivity (Wildman–Crippen MR) is 146 cm³/mol. The number of hydrogen-bond acceptors (Lipinski definition) is 6. The molecule has 0 bridgehead atoms. The van der Waals surface area contributed by atoms with E-state index in [4.69, 9.17) is 16.3 Å². The maximum absolute atomic E-state index is 13.6. The van der Waals surface area contributed by atoms with Crippen LogP contribution in [-0.2, 0) is 9.59 Å². The van der Waals surface area contributed by atoms with Crippen molar-refractivity contribution in [1.82, 2.24) is 10.0 Å². The van der Waals surface area contributed by atoms with Crippen molar-refractivity contribution in [2.45, 2.75) is 19.8 Å². The number of halogens is 1. The van der Waals surface area contributed by atoms with Gasteiger partial charge in [0.2, 0.25) is 0 Å². The van der Waals surface area contributed by atoms with Gasteiger partial charge in [-0.25, -0.2) is 9.80 Å². The molecule has 9 heteroatoms. The van der Waals surface area contributed by atoms with Crippen LogP contribution in [0, 0.1) is 11.8 Å². The Morgan fingerprint density at radius 2 is 1.48 bits per heavy atom. The van der Waals surface area contributed by atoms with Gasteiger partial charge in [-0.15, -0.1) is 0 Å². The number of imide groups is 1. The number of nitrogens with zero attached hydrogens (tertiary/aromatic N) is 2. The van der Waals surface area contributed by atoms with Gasteiger partial charge in [0.1, 0.15) is 12.3 Å². The minimum absolute atomic E-state index is 0.171. The van der Waals surface area contributed by atoms with E-state index in [-0.39, 0.29) is 16.9 Å². The van der Waals surface area contributed by atoms with Gasteiger partial charge in [0.15, 0.2) is 5.78 Å². The SMILES string of the molecule is CC1=CC[C@@H]2C(=O)N(N(CC(=O)c3ccc(OC(=O)c4ccccc4)cc3)C(=O)c3ccc(Cl)cc3)C(=O)[C@@H]2C1. The zero-order valence-electron chi connectivity index (χ0n) is 21.6. The van der Waals surface area contributed by atoms with Gasteiger partial charge in [-0.2, -0.15) is 5.01 Å². The summed E-state index contributed by atoms with van der Waals surface area (Å²) in [6.07, 6.45) is 2.75. The summed E-state index contributed by atoms with van der Waals surface area (Å²) in [4.78, 5) is 66.1. The normalized spacial score (nSPS) is 18.1. The van der Waals surface area contributed by atoms with Gasteiger partial charge in [0.05, 0.1) is 17.4 Å². The summed E-state index contributed by atoms with van der Waals surface area (Å²) in [6, 6.07) is 20.3. The van der Waals surface area contributed by atoms with Crippen LogP contribution in [0.15, 0.2) is 90.5 Å². The number of ether oxygens (including phenoxy) is 1. The molecule has 5 rings (SSSR count). The molecule has 1 saturated heterocycles. The second-order valence-corrected chi connectivity index (χ2v) is 10.2. The number of rotatable bonds is 7. The largest absolute Gasteiger partial charge is 0.423 e. The van der Waals surface area contributed by atoms with Crippen molar-refractivity contribution in [3.8, 4) is 5.75 Å². The fourth-order valence-corrected chi connectivity index (χ4v) is 5.04. The molecule has 3 aromatic carbocycles. The van der Waals surface area contributed by atoms with Crippen molar-refractivity contribution in [1.29, 1.82) is 0 Å². The van der Waals surface area contributed by atoms with Gasteiger partial charge in [0.25, 0.3) is 17.7 Å². The molecule has 8 nitrogen and oxygen atoms in total. The van der Waals surface area contributed by atoms with Gasteiger partial charge >= 0.3 is 5.97 Å². The summed E-state index contributed by atoms with van der Waals surface area (Å²) in [5.41, 5.74) is 1.77. The van der Waals surface area contributed by atoms with Crippen LogP contribution in [0.3, 0.4) is 0 Å². The second-order valence-electron chi connectivity index (χ2n) is 9.76. The monoisotopic (exact) mass is 556 g/mol. The zero-order chi connectivity index (χ0) is 28.4. The third-order valence-electron chi connectivity index (χ3n) is 7.06. The zero-order valence-corrected chi connectivity index (χ0v) is 22.3. The molecule has 1 aliphatic heterocycles. The maximum atomic E-state index is 13.6. The number of ketones is 1. The summed E-state index contributed by atoms with van der Waals surface area (Å²) in [5, 5.41) is 2.17. The Balaban J connectivity index is 1.38. The Labute approximate surface area is 235 Å². The van der Waals surface area contributed by atoms with Crippen molar-refractivity contribution in [3.05, 3.63) is 112 Å². The van der Waals surface area contributed by atoms with Gasteiger partial charge in [0, 0.05) is 16.1 Å². The van der Waals surface area contributed by atoms with Crippen molar-refractivity contribution in [3.63, 3.8) is 0 Å². The summed E-state index contributed by atoms with van der Waals surface area (Å²) in [7, 11) is 0. The van der Waals surface area contributed by atoms with Crippen molar-refractivity contribution in [2.24, 2.45) is 11.8 Å². The lowest BCUT2D eigenvalue weighted by molar-refractivity contribution is -0.154. The number of hydrazine groups is 1. The van der Waals surface area contributed by atoms with Gasteiger partial charge in [-0.3, -0.25) is 19.2 Å². The number of amides is 3. The van der Waals surface area contributed by atoms with Crippen LogP contribution in [0.4, 0.5) is 0 Å². The number of benzene rings is 3. The van der Waals surface area contributed by atoms with E-state index in [1.807, 2.05) is 13.0 Å². The quantitative estimate of drug-likeness (QED) is 0.131. The minimum atomic E-state index is -0.677. The van der Waals surface area contributed by atoms with E-state index in [2.05, 4.69) is 0 Å². The molecule has 3 amide bonds. The van der Waals surface area contributed by atoms with E-state index in [9.17, 15) is 24.0 Å². The van der Waals surface area contributed by atoms with E-state index >= 15 is 0 Å². The molecule has 2 atom stereocenters. The predicted octanol–water partition coefficient (Wildman–Crippen LogP) is 5.14. The molecule has 2 aliphatic rings. The maximum Gasteiger partial charge on any atom is 0.343 e. The average Bonchev–Trinajstić information content (AvgIpc) is 3.21. The first kappa shape index (κ1) is 27.0. The summed E-state index contributed by atoms with van der Waals surface area (Å²) < 4.78 is 5.37. The highest BCUT2D eigenvalue weighted by Gasteiger charge is 2.51. The molecule has 1 fully saturated rings. The smallest absolute Gasteiger partial charge is 0.343 e. The molecule has 0 unspecified atom stereocenters. The number of esters is 1. The molecule has 202 valence electrons. The molecule has 1 heterocycles.